The van der Waals surface area contributed by atoms with Gasteiger partial charge in [-0.3, -0.25) is 9.89 Å². The number of aromatic nitrogens is 4. The third kappa shape index (κ3) is 2.65. The third-order valence-electron chi connectivity index (χ3n) is 3.92. The maximum atomic E-state index is 12.2. The smallest absolute Gasteiger partial charge is 0.250 e. The maximum Gasteiger partial charge on any atom is 0.250 e. The van der Waals surface area contributed by atoms with E-state index in [0.29, 0.717) is 12.4 Å². The molecular formula is C18H15N5O. The van der Waals surface area contributed by atoms with Gasteiger partial charge < -0.3 is 10.3 Å². The average Bonchev–Trinajstić information content (AvgIpc) is 3.04. The molecule has 0 bridgehead atoms. The number of benzene rings is 1. The minimum absolute atomic E-state index is 0.0782. The highest BCUT2D eigenvalue weighted by molar-refractivity contribution is 5.83. The van der Waals surface area contributed by atoms with Gasteiger partial charge in [0.1, 0.15) is 5.82 Å². The highest BCUT2D eigenvalue weighted by Gasteiger charge is 2.05. The van der Waals surface area contributed by atoms with Gasteiger partial charge in [0, 0.05) is 17.6 Å². The topological polar surface area (TPSA) is 89.6 Å². The summed E-state index contributed by atoms with van der Waals surface area (Å²) in [5, 5.41) is 8.04. The van der Waals surface area contributed by atoms with Crippen molar-refractivity contribution in [1.82, 2.24) is 19.7 Å². The molecule has 0 saturated carbocycles. The third-order valence-corrected chi connectivity index (χ3v) is 3.92. The molecule has 4 aromatic rings. The van der Waals surface area contributed by atoms with Crippen molar-refractivity contribution in [2.24, 2.45) is 0 Å². The van der Waals surface area contributed by atoms with Crippen LogP contribution in [-0.4, -0.2) is 19.7 Å². The van der Waals surface area contributed by atoms with Crippen molar-refractivity contribution in [3.63, 3.8) is 0 Å². The Morgan fingerprint density at radius 3 is 2.83 bits per heavy atom. The molecule has 0 atom stereocenters. The number of hydrogen-bond donors (Lipinski definition) is 2. The van der Waals surface area contributed by atoms with Gasteiger partial charge in [-0.1, -0.05) is 18.2 Å². The van der Waals surface area contributed by atoms with Crippen LogP contribution in [0.15, 0.2) is 65.7 Å². The minimum Gasteiger partial charge on any atom is -0.384 e. The number of aromatic amines is 1. The second-order valence-corrected chi connectivity index (χ2v) is 5.61. The summed E-state index contributed by atoms with van der Waals surface area (Å²) in [5.74, 6) is 0.446. The molecule has 3 aromatic heterocycles. The molecule has 0 radical (unpaired) electrons. The number of nitrogens with two attached hydrogens (primary N) is 1. The second kappa shape index (κ2) is 5.66. The molecule has 4 rings (SSSR count). The van der Waals surface area contributed by atoms with Crippen molar-refractivity contribution in [2.75, 3.05) is 5.73 Å². The Kier molecular flexibility index (Phi) is 3.35. The highest BCUT2D eigenvalue weighted by atomic mass is 16.1. The van der Waals surface area contributed by atoms with Gasteiger partial charge in [-0.25, -0.2) is 4.98 Å². The van der Waals surface area contributed by atoms with Crippen LogP contribution in [-0.2, 0) is 6.54 Å². The van der Waals surface area contributed by atoms with Gasteiger partial charge in [-0.15, -0.1) is 0 Å². The van der Waals surface area contributed by atoms with Crippen LogP contribution in [0.2, 0.25) is 0 Å². The number of fused-ring (bicyclic) bond motifs is 1. The SMILES string of the molecule is Nc1cccc(Cn2cc(-c3ccc4cn[nH]c4c3)ccc2=O)n1. The Balaban J connectivity index is 1.74. The summed E-state index contributed by atoms with van der Waals surface area (Å²) in [6.45, 7) is 0.379. The van der Waals surface area contributed by atoms with Crippen LogP contribution in [0.1, 0.15) is 5.69 Å². The normalized spacial score (nSPS) is 11.0. The van der Waals surface area contributed by atoms with Crippen molar-refractivity contribution in [2.45, 2.75) is 6.54 Å². The first-order valence-electron chi connectivity index (χ1n) is 7.54. The Morgan fingerprint density at radius 1 is 1.08 bits per heavy atom. The van der Waals surface area contributed by atoms with Gasteiger partial charge in [0.2, 0.25) is 0 Å². The molecule has 0 aliphatic heterocycles. The van der Waals surface area contributed by atoms with Crippen LogP contribution in [0.3, 0.4) is 0 Å². The van der Waals surface area contributed by atoms with Gasteiger partial charge in [0.05, 0.1) is 24.0 Å². The first-order chi connectivity index (χ1) is 11.7. The van der Waals surface area contributed by atoms with Gasteiger partial charge in [0.15, 0.2) is 0 Å². The molecule has 1 aromatic carbocycles. The van der Waals surface area contributed by atoms with Crippen molar-refractivity contribution < 1.29 is 0 Å². The first-order valence-corrected chi connectivity index (χ1v) is 7.54. The average molecular weight is 317 g/mol. The van der Waals surface area contributed by atoms with Crippen molar-refractivity contribution in [1.29, 1.82) is 0 Å². The fourth-order valence-electron chi connectivity index (χ4n) is 2.70. The lowest BCUT2D eigenvalue weighted by atomic mass is 10.1. The molecule has 118 valence electrons. The zero-order chi connectivity index (χ0) is 16.5. The summed E-state index contributed by atoms with van der Waals surface area (Å²) in [7, 11) is 0. The monoisotopic (exact) mass is 317 g/mol. The molecular weight excluding hydrogens is 302 g/mol. The Bertz CT molecular complexity index is 1080. The highest BCUT2D eigenvalue weighted by Crippen LogP contribution is 2.22. The largest absolute Gasteiger partial charge is 0.384 e. The molecule has 0 saturated heterocycles. The Hall–Kier alpha value is -3.41. The number of pyridine rings is 2. The standard InChI is InChI=1S/C18H15N5O/c19-17-3-1-2-15(21-17)11-23-10-14(6-7-18(23)24)12-4-5-13-9-20-22-16(13)8-12/h1-10H,11H2,(H2,19,21)(H,20,22). The van der Waals surface area contributed by atoms with E-state index in [1.54, 1.807) is 22.9 Å². The molecule has 3 N–H and O–H groups in total. The van der Waals surface area contributed by atoms with Crippen LogP contribution >= 0.6 is 0 Å². The fourth-order valence-corrected chi connectivity index (χ4v) is 2.70. The quantitative estimate of drug-likeness (QED) is 0.607. The van der Waals surface area contributed by atoms with Gasteiger partial charge in [-0.2, -0.15) is 5.10 Å². The molecule has 0 aliphatic carbocycles. The number of nitrogen functional groups attached to an aromatic ring is 1. The number of nitrogens with zero attached hydrogens (tertiary/aromatic N) is 3. The van der Waals surface area contributed by atoms with Gasteiger partial charge in [-0.05, 0) is 35.4 Å². The van der Waals surface area contributed by atoms with E-state index >= 15 is 0 Å². The first kappa shape index (κ1) is 14.2. The maximum absolute atomic E-state index is 12.2. The van der Waals surface area contributed by atoms with Gasteiger partial charge >= 0.3 is 0 Å². The lowest BCUT2D eigenvalue weighted by molar-refractivity contribution is 0.742. The predicted molar refractivity (Wildman–Crippen MR) is 93.5 cm³/mol. The molecule has 0 unspecified atom stereocenters. The van der Waals surface area contributed by atoms with Crippen molar-refractivity contribution in [3.05, 3.63) is 77.0 Å². The number of hydrogen-bond acceptors (Lipinski definition) is 4. The molecule has 0 spiro atoms. The summed E-state index contributed by atoms with van der Waals surface area (Å²) in [4.78, 5) is 16.4. The van der Waals surface area contributed by atoms with E-state index < -0.39 is 0 Å². The lowest BCUT2D eigenvalue weighted by Gasteiger charge is -2.09. The number of H-pyrrole nitrogens is 1. The Labute approximate surface area is 137 Å². The lowest BCUT2D eigenvalue weighted by Crippen LogP contribution is -2.19. The summed E-state index contributed by atoms with van der Waals surface area (Å²) in [6.07, 6.45) is 3.62. The number of anilines is 1. The molecule has 6 nitrogen and oxygen atoms in total. The molecule has 3 heterocycles. The van der Waals surface area contributed by atoms with Crippen molar-refractivity contribution in [3.8, 4) is 11.1 Å². The van der Waals surface area contributed by atoms with E-state index in [-0.39, 0.29) is 5.56 Å². The van der Waals surface area contributed by atoms with Crippen molar-refractivity contribution >= 4 is 16.7 Å². The van der Waals surface area contributed by atoms with E-state index in [9.17, 15) is 4.79 Å². The van der Waals surface area contributed by atoms with Crippen LogP contribution in [0.5, 0.6) is 0 Å². The number of nitrogens with one attached hydrogen (secondary N) is 1. The molecule has 6 heteroatoms. The van der Waals surface area contributed by atoms with E-state index in [1.165, 1.54) is 0 Å². The molecule has 0 fully saturated rings. The summed E-state index contributed by atoms with van der Waals surface area (Å²) < 4.78 is 1.63. The molecule has 0 aliphatic rings. The second-order valence-electron chi connectivity index (χ2n) is 5.61. The van der Waals surface area contributed by atoms with E-state index in [1.807, 2.05) is 42.6 Å². The summed E-state index contributed by atoms with van der Waals surface area (Å²) in [5.41, 5.74) is 9.31. The van der Waals surface area contributed by atoms with Gasteiger partial charge in [0.25, 0.3) is 5.56 Å². The molecule has 24 heavy (non-hydrogen) atoms. The molecule has 0 amide bonds. The zero-order valence-corrected chi connectivity index (χ0v) is 12.8. The predicted octanol–water partition coefficient (Wildman–Crippen LogP) is 2.42. The Morgan fingerprint density at radius 2 is 1.96 bits per heavy atom. The number of rotatable bonds is 3. The van der Waals surface area contributed by atoms with Crippen LogP contribution in [0.4, 0.5) is 5.82 Å². The van der Waals surface area contributed by atoms with E-state index in [0.717, 1.165) is 27.7 Å². The van der Waals surface area contributed by atoms with E-state index in [4.69, 9.17) is 5.73 Å². The zero-order valence-electron chi connectivity index (χ0n) is 12.8. The fraction of sp³-hybridized carbons (Fsp3) is 0.0556. The van der Waals surface area contributed by atoms with E-state index in [2.05, 4.69) is 15.2 Å². The van der Waals surface area contributed by atoms with Crippen LogP contribution in [0, 0.1) is 0 Å². The summed E-state index contributed by atoms with van der Waals surface area (Å²) >= 11 is 0. The summed E-state index contributed by atoms with van der Waals surface area (Å²) in [6, 6.07) is 14.8. The van der Waals surface area contributed by atoms with Crippen LogP contribution in [0.25, 0.3) is 22.0 Å². The van der Waals surface area contributed by atoms with Crippen LogP contribution < -0.4 is 11.3 Å². The minimum atomic E-state index is -0.0782.